The summed E-state index contributed by atoms with van der Waals surface area (Å²) in [6, 6.07) is 1.04. The predicted octanol–water partition coefficient (Wildman–Crippen LogP) is 2.11. The van der Waals surface area contributed by atoms with Crippen LogP contribution in [-0.4, -0.2) is 58.1 Å². The second-order valence-electron chi connectivity index (χ2n) is 7.40. The average Bonchev–Trinajstić information content (AvgIpc) is 2.35. The van der Waals surface area contributed by atoms with Crippen molar-refractivity contribution in [3.05, 3.63) is 0 Å². The quantitative estimate of drug-likeness (QED) is 0.418. The molecule has 1 aliphatic carbocycles. The minimum atomic E-state index is -3.26. The van der Waals surface area contributed by atoms with Crippen molar-refractivity contribution in [1.29, 1.82) is 0 Å². The van der Waals surface area contributed by atoms with E-state index in [-0.39, 0.29) is 24.5 Å². The summed E-state index contributed by atoms with van der Waals surface area (Å²) in [6.07, 6.45) is 2.79. The minimum absolute atomic E-state index is 0.141. The zero-order valence-corrected chi connectivity index (χ0v) is 15.7. The summed E-state index contributed by atoms with van der Waals surface area (Å²) in [5.41, 5.74) is 0. The van der Waals surface area contributed by atoms with Gasteiger partial charge in [0.15, 0.2) is 0 Å². The number of ether oxygens (including phenoxy) is 1. The van der Waals surface area contributed by atoms with Crippen molar-refractivity contribution >= 4 is 18.1 Å². The van der Waals surface area contributed by atoms with Crippen molar-refractivity contribution in [3.63, 3.8) is 0 Å². The highest BCUT2D eigenvalue weighted by Gasteiger charge is 2.27. The third kappa shape index (κ3) is 7.74. The monoisotopic (exact) mass is 337 g/mol. The van der Waals surface area contributed by atoms with Gasteiger partial charge in [0.25, 0.3) is 0 Å². The fourth-order valence-electron chi connectivity index (χ4n) is 2.39. The van der Waals surface area contributed by atoms with E-state index in [9.17, 15) is 13.5 Å². The summed E-state index contributed by atoms with van der Waals surface area (Å²) in [5, 5.41) is 9.47. The second-order valence-corrected chi connectivity index (χ2v) is 15.1. The van der Waals surface area contributed by atoms with E-state index in [1.54, 1.807) is 7.05 Å². The fourth-order valence-corrected chi connectivity index (χ4v) is 4.56. The highest BCUT2D eigenvalue weighted by Crippen LogP contribution is 2.26. The number of hydrogen-bond acceptors (Lipinski definition) is 4. The Morgan fingerprint density at radius 1 is 1.19 bits per heavy atom. The Hall–Kier alpha value is 0.0469. The van der Waals surface area contributed by atoms with Crippen molar-refractivity contribution in [2.45, 2.75) is 57.5 Å². The standard InChI is InChI=1S/C14H31NO4SSi/c1-15(12-19-9-10-21(2,3)4)20(17,18)11-13-5-7-14(16)8-6-13/h13-14,16H,5-12H2,1-4H3. The van der Waals surface area contributed by atoms with Gasteiger partial charge in [0, 0.05) is 21.7 Å². The number of sulfonamides is 1. The minimum Gasteiger partial charge on any atom is -0.393 e. The molecule has 0 aromatic heterocycles. The lowest BCUT2D eigenvalue weighted by molar-refractivity contribution is 0.0894. The van der Waals surface area contributed by atoms with Crippen LogP contribution in [0.3, 0.4) is 0 Å². The molecular weight excluding hydrogens is 306 g/mol. The zero-order chi connectivity index (χ0) is 16.1. The summed E-state index contributed by atoms with van der Waals surface area (Å²) in [7, 11) is -2.80. The van der Waals surface area contributed by atoms with E-state index in [0.29, 0.717) is 6.61 Å². The SMILES string of the molecule is CN(COCC[Si](C)(C)C)S(=O)(=O)CC1CCC(O)CC1. The van der Waals surface area contributed by atoms with Crippen molar-refractivity contribution in [3.8, 4) is 0 Å². The molecule has 5 nitrogen and oxygen atoms in total. The Morgan fingerprint density at radius 3 is 2.29 bits per heavy atom. The molecule has 1 rings (SSSR count). The molecule has 1 aliphatic rings. The number of hydrogen-bond donors (Lipinski definition) is 1. The molecule has 0 heterocycles. The Balaban J connectivity index is 2.32. The summed E-state index contributed by atoms with van der Waals surface area (Å²) in [5.74, 6) is 0.343. The normalized spacial score (nSPS) is 24.5. The van der Waals surface area contributed by atoms with Crippen molar-refractivity contribution in [1.82, 2.24) is 4.31 Å². The molecular formula is C14H31NO4SSi. The molecule has 1 N–H and O–H groups in total. The van der Waals surface area contributed by atoms with Gasteiger partial charge in [-0.05, 0) is 37.6 Å². The van der Waals surface area contributed by atoms with E-state index in [1.165, 1.54) is 4.31 Å². The first-order valence-electron chi connectivity index (χ1n) is 7.80. The molecule has 1 saturated carbocycles. The van der Waals surface area contributed by atoms with Crippen LogP contribution in [-0.2, 0) is 14.8 Å². The fraction of sp³-hybridized carbons (Fsp3) is 1.00. The first-order chi connectivity index (χ1) is 9.60. The molecule has 0 saturated heterocycles. The first-order valence-corrected chi connectivity index (χ1v) is 13.1. The Bertz CT molecular complexity index is 400. The number of aliphatic hydroxyl groups excluding tert-OH is 1. The average molecular weight is 338 g/mol. The molecule has 0 unspecified atom stereocenters. The van der Waals surface area contributed by atoms with Crippen molar-refractivity contribution < 1.29 is 18.3 Å². The smallest absolute Gasteiger partial charge is 0.216 e. The maximum absolute atomic E-state index is 12.3. The van der Waals surface area contributed by atoms with Gasteiger partial charge in [-0.15, -0.1) is 0 Å². The third-order valence-electron chi connectivity index (χ3n) is 4.01. The van der Waals surface area contributed by atoms with E-state index in [0.717, 1.165) is 31.7 Å². The highest BCUT2D eigenvalue weighted by atomic mass is 32.2. The van der Waals surface area contributed by atoms with E-state index in [4.69, 9.17) is 4.74 Å². The van der Waals surface area contributed by atoms with E-state index >= 15 is 0 Å². The van der Waals surface area contributed by atoms with Crippen molar-refractivity contribution in [2.75, 3.05) is 26.1 Å². The van der Waals surface area contributed by atoms with Crippen LogP contribution in [0.1, 0.15) is 25.7 Å². The molecule has 0 spiro atoms. The van der Waals surface area contributed by atoms with E-state index < -0.39 is 18.1 Å². The molecule has 0 amide bonds. The molecule has 21 heavy (non-hydrogen) atoms. The molecule has 0 bridgehead atoms. The lowest BCUT2D eigenvalue weighted by Gasteiger charge is -2.27. The molecule has 7 heteroatoms. The highest BCUT2D eigenvalue weighted by molar-refractivity contribution is 7.89. The molecule has 0 radical (unpaired) electrons. The van der Waals surface area contributed by atoms with Gasteiger partial charge in [-0.3, -0.25) is 0 Å². The lowest BCUT2D eigenvalue weighted by atomic mass is 9.89. The van der Waals surface area contributed by atoms with Crippen molar-refractivity contribution in [2.24, 2.45) is 5.92 Å². The van der Waals surface area contributed by atoms with E-state index in [1.807, 2.05) is 0 Å². The topological polar surface area (TPSA) is 66.8 Å². The molecule has 1 fully saturated rings. The summed E-state index contributed by atoms with van der Waals surface area (Å²) in [4.78, 5) is 0. The van der Waals surface area contributed by atoms with Crippen LogP contribution >= 0.6 is 0 Å². The summed E-state index contributed by atoms with van der Waals surface area (Å²) < 4.78 is 31.4. The van der Waals surface area contributed by atoms with Crippen LogP contribution in [0.15, 0.2) is 0 Å². The maximum Gasteiger partial charge on any atom is 0.216 e. The molecule has 126 valence electrons. The van der Waals surface area contributed by atoms with Crippen LogP contribution in [0.25, 0.3) is 0 Å². The van der Waals surface area contributed by atoms with E-state index in [2.05, 4.69) is 19.6 Å². The predicted molar refractivity (Wildman–Crippen MR) is 88.5 cm³/mol. The van der Waals surface area contributed by atoms with Crippen LogP contribution in [0, 0.1) is 5.92 Å². The van der Waals surface area contributed by atoms with Gasteiger partial charge in [-0.25, -0.2) is 8.42 Å². The number of aliphatic hydroxyl groups is 1. The van der Waals surface area contributed by atoms with Gasteiger partial charge in [-0.1, -0.05) is 19.6 Å². The molecule has 0 aromatic rings. The summed E-state index contributed by atoms with van der Waals surface area (Å²) in [6.45, 7) is 7.59. The Morgan fingerprint density at radius 2 is 1.76 bits per heavy atom. The third-order valence-corrected chi connectivity index (χ3v) is 7.66. The largest absolute Gasteiger partial charge is 0.393 e. The zero-order valence-electron chi connectivity index (χ0n) is 13.8. The molecule has 0 atom stereocenters. The number of rotatable bonds is 8. The van der Waals surface area contributed by atoms with Crippen LogP contribution < -0.4 is 0 Å². The molecule has 0 aromatic carbocycles. The van der Waals surface area contributed by atoms with Crippen LogP contribution in [0.2, 0.25) is 25.7 Å². The second kappa shape index (κ2) is 8.06. The lowest BCUT2D eigenvalue weighted by Crippen LogP contribution is -2.35. The molecule has 0 aliphatic heterocycles. The maximum atomic E-state index is 12.3. The van der Waals surface area contributed by atoms with Gasteiger partial charge < -0.3 is 9.84 Å². The number of nitrogens with zero attached hydrogens (tertiary/aromatic N) is 1. The Kier molecular flexibility index (Phi) is 7.32. The Labute approximate surface area is 130 Å². The van der Waals surface area contributed by atoms with Crippen LogP contribution in [0.5, 0.6) is 0 Å². The first kappa shape index (κ1) is 19.1. The van der Waals surface area contributed by atoms with Gasteiger partial charge in [0.05, 0.1) is 11.9 Å². The summed E-state index contributed by atoms with van der Waals surface area (Å²) >= 11 is 0. The van der Waals surface area contributed by atoms with Gasteiger partial charge in [0.1, 0.15) is 6.73 Å². The van der Waals surface area contributed by atoms with Gasteiger partial charge in [0.2, 0.25) is 10.0 Å². The van der Waals surface area contributed by atoms with Gasteiger partial charge in [-0.2, -0.15) is 4.31 Å². The van der Waals surface area contributed by atoms with Gasteiger partial charge >= 0.3 is 0 Å². The van der Waals surface area contributed by atoms with Crippen LogP contribution in [0.4, 0.5) is 0 Å².